The first-order chi connectivity index (χ1) is 16.2. The van der Waals surface area contributed by atoms with E-state index < -0.39 is 52.2 Å². The summed E-state index contributed by atoms with van der Waals surface area (Å²) in [5.74, 6) is -3.72. The number of nitrogen functional groups attached to an aromatic ring is 1. The lowest BCUT2D eigenvalue weighted by Gasteiger charge is -2.49. The number of carbonyl (C=O) groups excluding carboxylic acids is 2. The van der Waals surface area contributed by atoms with Crippen LogP contribution in [0.1, 0.15) is 5.69 Å². The van der Waals surface area contributed by atoms with Crippen molar-refractivity contribution in [2.75, 3.05) is 18.1 Å². The average molecular weight is 552 g/mol. The van der Waals surface area contributed by atoms with Gasteiger partial charge in [0.15, 0.2) is 10.8 Å². The van der Waals surface area contributed by atoms with Crippen molar-refractivity contribution in [2.45, 2.75) is 11.4 Å². The fraction of sp³-hybridized carbons (Fsp3) is 0.250. The molecule has 2 amide bonds. The highest BCUT2D eigenvalue weighted by atomic mass is 32.3. The number of allylic oxidation sites excluding steroid dienone is 1. The van der Waals surface area contributed by atoms with E-state index in [1.165, 1.54) is 23.2 Å². The number of carboxylic acids is 2. The Balaban J connectivity index is 0.000000784. The first-order valence-electron chi connectivity index (χ1n) is 8.92. The number of thiazole rings is 1. The van der Waals surface area contributed by atoms with Gasteiger partial charge in [-0.15, -0.1) is 23.1 Å². The fourth-order valence-corrected chi connectivity index (χ4v) is 4.65. The molecule has 3 rings (SSSR count). The van der Waals surface area contributed by atoms with Crippen LogP contribution in [0.15, 0.2) is 34.5 Å². The summed E-state index contributed by atoms with van der Waals surface area (Å²) in [6.07, 6.45) is 1.38. The third-order valence-electron chi connectivity index (χ3n) is 4.06. The van der Waals surface area contributed by atoms with Crippen molar-refractivity contribution < 1.29 is 51.8 Å². The maximum Gasteiger partial charge on any atom is 0.394 e. The van der Waals surface area contributed by atoms with Crippen molar-refractivity contribution in [1.82, 2.24) is 15.2 Å². The number of aliphatic carboxylic acids is 2. The summed E-state index contributed by atoms with van der Waals surface area (Å²) in [5, 5.41) is 25.0. The number of aromatic nitrogens is 1. The number of fused-ring (bicyclic) bond motifs is 1. The van der Waals surface area contributed by atoms with Gasteiger partial charge in [0.05, 0.1) is 0 Å². The Hall–Kier alpha value is -3.52. The lowest BCUT2D eigenvalue weighted by molar-refractivity contribution is -0.150. The molecule has 0 saturated carbocycles. The number of thioether (sulfide) groups is 1. The van der Waals surface area contributed by atoms with Gasteiger partial charge in [-0.2, -0.15) is 8.42 Å². The molecule has 0 radical (unpaired) electrons. The van der Waals surface area contributed by atoms with Crippen LogP contribution in [0.4, 0.5) is 5.13 Å². The van der Waals surface area contributed by atoms with Gasteiger partial charge < -0.3 is 26.1 Å². The minimum absolute atomic E-state index is 0.0420. The summed E-state index contributed by atoms with van der Waals surface area (Å²) in [4.78, 5) is 57.1. The third-order valence-corrected chi connectivity index (χ3v) is 6.03. The summed E-state index contributed by atoms with van der Waals surface area (Å²) in [5.41, 5.74) is 5.48. The second-order valence-corrected chi connectivity index (χ2v) is 9.26. The van der Waals surface area contributed by atoms with E-state index >= 15 is 0 Å². The predicted octanol–water partition coefficient (Wildman–Crippen LogP) is -1.20. The molecule has 0 unspecified atom stereocenters. The number of nitrogens with zero attached hydrogens (tertiary/aromatic N) is 3. The van der Waals surface area contributed by atoms with Crippen molar-refractivity contribution >= 4 is 68.1 Å². The fourth-order valence-electron chi connectivity index (χ4n) is 2.76. The number of nitrogens with two attached hydrogens (primary N) is 1. The van der Waals surface area contributed by atoms with Gasteiger partial charge in [0.25, 0.3) is 11.8 Å². The van der Waals surface area contributed by atoms with E-state index in [0.29, 0.717) is 11.3 Å². The normalized spacial score (nSPS) is 19.5. The quantitative estimate of drug-likeness (QED) is 0.0960. The van der Waals surface area contributed by atoms with Crippen molar-refractivity contribution in [3.8, 4) is 0 Å². The molecule has 2 atom stereocenters. The highest BCUT2D eigenvalue weighted by Crippen LogP contribution is 2.40. The van der Waals surface area contributed by atoms with Gasteiger partial charge in [0.2, 0.25) is 6.61 Å². The van der Waals surface area contributed by atoms with E-state index in [1.807, 2.05) is 0 Å². The van der Waals surface area contributed by atoms with Crippen LogP contribution in [-0.2, 0) is 34.4 Å². The first kappa shape index (κ1) is 27.7. The highest BCUT2D eigenvalue weighted by Gasteiger charge is 2.54. The monoisotopic (exact) mass is 551 g/mol. The first-order valence-corrected chi connectivity index (χ1v) is 12.2. The molecule has 2 aliphatic rings. The van der Waals surface area contributed by atoms with E-state index in [0.717, 1.165) is 16.2 Å². The van der Waals surface area contributed by atoms with Crippen molar-refractivity contribution in [2.24, 2.45) is 5.16 Å². The zero-order valence-electron chi connectivity index (χ0n) is 17.2. The van der Waals surface area contributed by atoms with Crippen LogP contribution in [0.5, 0.6) is 0 Å². The Kier molecular flexibility index (Phi) is 8.93. The number of carbonyl (C=O) groups is 4. The van der Waals surface area contributed by atoms with Crippen LogP contribution in [0.3, 0.4) is 0 Å². The van der Waals surface area contributed by atoms with Crippen molar-refractivity contribution in [3.05, 3.63) is 35.0 Å². The number of rotatable bonds is 8. The van der Waals surface area contributed by atoms with E-state index in [1.54, 1.807) is 0 Å². The minimum Gasteiger partial charge on any atom is -0.479 e. The number of anilines is 1. The molecule has 0 aromatic carbocycles. The zero-order valence-corrected chi connectivity index (χ0v) is 19.7. The van der Waals surface area contributed by atoms with E-state index in [4.69, 9.17) is 28.4 Å². The van der Waals surface area contributed by atoms with Gasteiger partial charge in [-0.1, -0.05) is 17.8 Å². The van der Waals surface area contributed by atoms with Gasteiger partial charge in [0, 0.05) is 11.1 Å². The Morgan fingerprint density at radius 2 is 2.00 bits per heavy atom. The maximum absolute atomic E-state index is 12.7. The van der Waals surface area contributed by atoms with Crippen LogP contribution in [0, 0.1) is 0 Å². The van der Waals surface area contributed by atoms with Crippen LogP contribution in [-0.4, -0.2) is 90.9 Å². The van der Waals surface area contributed by atoms with Crippen molar-refractivity contribution in [3.63, 3.8) is 0 Å². The number of hydrogen-bond donors (Lipinski definition) is 6. The number of nitrogens with one attached hydrogen (secondary N) is 1. The summed E-state index contributed by atoms with van der Waals surface area (Å²) in [7, 11) is -4.67. The molecule has 1 fully saturated rings. The largest absolute Gasteiger partial charge is 0.479 e. The Labute approximate surface area is 204 Å². The van der Waals surface area contributed by atoms with Gasteiger partial charge in [-0.05, 0) is 5.57 Å². The van der Waals surface area contributed by atoms with Crippen LogP contribution in [0.2, 0.25) is 0 Å². The molecule has 0 bridgehead atoms. The molecule has 7 N–H and O–H groups in total. The number of β-lactam (4-membered cyclic amide) rings is 1. The maximum atomic E-state index is 12.7. The number of carboxylic acid groups (broad SMARTS) is 2. The van der Waals surface area contributed by atoms with Gasteiger partial charge in [-0.3, -0.25) is 23.6 Å². The van der Waals surface area contributed by atoms with Crippen LogP contribution in [0.25, 0.3) is 0 Å². The molecule has 1 aromatic rings. The van der Waals surface area contributed by atoms with Crippen LogP contribution >= 0.6 is 23.1 Å². The molecule has 16 nitrogen and oxygen atoms in total. The molecule has 2 aliphatic heterocycles. The van der Waals surface area contributed by atoms with E-state index in [-0.39, 0.29) is 22.2 Å². The Morgan fingerprint density at radius 3 is 2.49 bits per heavy atom. The molecule has 190 valence electrons. The molecule has 0 aliphatic carbocycles. The predicted molar refractivity (Wildman–Crippen MR) is 121 cm³/mol. The van der Waals surface area contributed by atoms with Gasteiger partial charge >= 0.3 is 22.3 Å². The Bertz CT molecular complexity index is 1220. The molecule has 3 heterocycles. The smallest absolute Gasteiger partial charge is 0.394 e. The molecule has 0 spiro atoms. The average Bonchev–Trinajstić information content (AvgIpc) is 3.17. The Morgan fingerprint density at radius 1 is 1.37 bits per heavy atom. The number of amides is 2. The summed E-state index contributed by atoms with van der Waals surface area (Å²) in [6, 6.07) is -1.01. The second kappa shape index (κ2) is 11.3. The molecule has 1 saturated heterocycles. The number of oxime groups is 1. The standard InChI is InChI=1S/C16H15N5O7S2.H2O4S/c1-2-6-4-29-14-10(13(25)21(14)11(6)15(26)27)19-12(24)9(20-28-3-8(22)23)7-5-30-16(17)18-7;1-5(2,3)4/h2,5,10,14H,1,3-4H2,(H2,17,18)(H,19,24)(H,22,23)(H,26,27);(H2,1,2,3,4)/b20-9-;/t10-,14-;/m1./s1. The minimum atomic E-state index is -4.67. The van der Waals surface area contributed by atoms with Gasteiger partial charge in [-0.25, -0.2) is 14.6 Å². The molecule has 19 heteroatoms. The highest BCUT2D eigenvalue weighted by molar-refractivity contribution is 8.00. The van der Waals surface area contributed by atoms with Crippen molar-refractivity contribution in [1.29, 1.82) is 0 Å². The van der Waals surface area contributed by atoms with Gasteiger partial charge in [0.1, 0.15) is 22.8 Å². The summed E-state index contributed by atoms with van der Waals surface area (Å²) >= 11 is 2.30. The summed E-state index contributed by atoms with van der Waals surface area (Å²) < 4.78 is 31.6. The topological polar surface area (TPSA) is 259 Å². The second-order valence-electron chi connectivity index (χ2n) is 6.37. The number of hydrogen-bond acceptors (Lipinski definition) is 12. The lowest BCUT2D eigenvalue weighted by Crippen LogP contribution is -2.71. The third kappa shape index (κ3) is 7.23. The van der Waals surface area contributed by atoms with Crippen LogP contribution < -0.4 is 11.1 Å². The molecule has 35 heavy (non-hydrogen) atoms. The van der Waals surface area contributed by atoms with E-state index in [9.17, 15) is 24.3 Å². The summed E-state index contributed by atoms with van der Waals surface area (Å²) in [6.45, 7) is 2.77. The molecule has 1 aromatic heterocycles. The molecular weight excluding hydrogens is 534 g/mol. The molecular formula is C16H17N5O11S3. The SMILES string of the molecule is C=CC1=C(C(=O)O)N2C(=O)[C@@H](NC(=O)/C(=N\OCC(=O)O)c3csc(N)n3)[C@H]2SC1.O=S(=O)(O)O. The lowest BCUT2D eigenvalue weighted by atomic mass is 10.0. The zero-order chi connectivity index (χ0) is 26.5. The van der Waals surface area contributed by atoms with E-state index in [2.05, 4.69) is 26.9 Å².